The summed E-state index contributed by atoms with van der Waals surface area (Å²) in [5.41, 5.74) is 7.27. The fourth-order valence-electron chi connectivity index (χ4n) is 6.38. The van der Waals surface area contributed by atoms with Crippen LogP contribution in [0.5, 0.6) is 0 Å². The van der Waals surface area contributed by atoms with Gasteiger partial charge in [-0.25, -0.2) is 14.3 Å². The van der Waals surface area contributed by atoms with Gasteiger partial charge in [0.2, 0.25) is 4.96 Å². The van der Waals surface area contributed by atoms with E-state index in [9.17, 15) is 4.79 Å². The molecule has 0 spiro atoms. The number of para-hydroxylation sites is 1. The first-order valence-electron chi connectivity index (χ1n) is 15.2. The van der Waals surface area contributed by atoms with Crippen LogP contribution >= 0.6 is 11.3 Å². The number of carbonyl (C=O) groups excluding carboxylic acids is 1. The van der Waals surface area contributed by atoms with Crippen molar-refractivity contribution in [1.82, 2.24) is 34.7 Å². The van der Waals surface area contributed by atoms with E-state index in [4.69, 9.17) is 9.94 Å². The number of hydrogen-bond donors (Lipinski definition) is 0. The van der Waals surface area contributed by atoms with Gasteiger partial charge in [-0.3, -0.25) is 4.90 Å². The maximum Gasteiger partial charge on any atom is 0.365 e. The molecule has 4 heterocycles. The van der Waals surface area contributed by atoms with Crippen LogP contribution < -0.4 is 4.84 Å². The van der Waals surface area contributed by atoms with Crippen LogP contribution in [0.25, 0.3) is 43.4 Å². The number of rotatable bonds is 6. The van der Waals surface area contributed by atoms with Crippen LogP contribution in [0.3, 0.4) is 0 Å². The number of carbonyl (C=O) groups is 1. The molecule has 2 aliphatic rings. The molecule has 0 atom stereocenters. The van der Waals surface area contributed by atoms with Crippen LogP contribution in [0.2, 0.25) is 0 Å². The second kappa shape index (κ2) is 11.4. The third kappa shape index (κ3) is 5.10. The maximum atomic E-state index is 12.8. The minimum Gasteiger partial charge on any atom is -0.312 e. The third-order valence-electron chi connectivity index (χ3n) is 8.83. The minimum atomic E-state index is -0.518. The SMILES string of the molecule is O=C(On1nnc2ccccc21)c1ccc(-c2cnc3sc(-c4ccc(C5=CCN(C6CCCCC6)CC5)cc4)nn23)cc1. The van der Waals surface area contributed by atoms with Gasteiger partial charge < -0.3 is 4.84 Å². The molecular weight excluding hydrogens is 570 g/mol. The first-order chi connectivity index (χ1) is 21.7. The molecule has 0 bridgehead atoms. The summed E-state index contributed by atoms with van der Waals surface area (Å²) < 4.78 is 1.87. The Morgan fingerprint density at radius 2 is 1.66 bits per heavy atom. The summed E-state index contributed by atoms with van der Waals surface area (Å²) in [5, 5.41) is 13.8. The van der Waals surface area contributed by atoms with Crippen LogP contribution in [0, 0.1) is 0 Å². The zero-order valence-corrected chi connectivity index (χ0v) is 25.0. The molecule has 10 heteroatoms. The van der Waals surface area contributed by atoms with Gasteiger partial charge in [0.25, 0.3) is 0 Å². The summed E-state index contributed by atoms with van der Waals surface area (Å²) >= 11 is 1.56. The maximum absolute atomic E-state index is 12.8. The molecule has 220 valence electrons. The van der Waals surface area contributed by atoms with Crippen molar-refractivity contribution in [3.05, 3.63) is 96.2 Å². The van der Waals surface area contributed by atoms with Gasteiger partial charge in [-0.05, 0) is 59.9 Å². The van der Waals surface area contributed by atoms with E-state index in [2.05, 4.69) is 50.5 Å². The molecule has 0 N–H and O–H groups in total. The van der Waals surface area contributed by atoms with E-state index < -0.39 is 5.97 Å². The molecular formula is C34H31N7O2S. The zero-order valence-electron chi connectivity index (χ0n) is 24.2. The molecule has 1 aliphatic carbocycles. The lowest BCUT2D eigenvalue weighted by Gasteiger charge is -2.36. The van der Waals surface area contributed by atoms with Gasteiger partial charge in [0, 0.05) is 30.3 Å². The summed E-state index contributed by atoms with van der Waals surface area (Å²) in [6, 6.07) is 24.1. The molecule has 44 heavy (non-hydrogen) atoms. The Kier molecular flexibility index (Phi) is 7.00. The summed E-state index contributed by atoms with van der Waals surface area (Å²) in [6.07, 6.45) is 12.2. The Morgan fingerprint density at radius 3 is 2.45 bits per heavy atom. The molecule has 1 aliphatic heterocycles. The molecule has 0 amide bonds. The first-order valence-corrected chi connectivity index (χ1v) is 16.0. The quantitative estimate of drug-likeness (QED) is 0.200. The lowest BCUT2D eigenvalue weighted by molar-refractivity contribution is 0.0409. The van der Waals surface area contributed by atoms with E-state index in [0.29, 0.717) is 16.6 Å². The Labute approximate surface area is 258 Å². The van der Waals surface area contributed by atoms with E-state index in [-0.39, 0.29) is 0 Å². The smallest absolute Gasteiger partial charge is 0.312 e. The monoisotopic (exact) mass is 601 g/mol. The number of benzene rings is 3. The third-order valence-corrected chi connectivity index (χ3v) is 9.80. The predicted octanol–water partition coefficient (Wildman–Crippen LogP) is 6.56. The zero-order chi connectivity index (χ0) is 29.5. The summed E-state index contributed by atoms with van der Waals surface area (Å²) in [7, 11) is 0. The lowest BCUT2D eigenvalue weighted by atomic mass is 9.92. The molecule has 8 rings (SSSR count). The van der Waals surface area contributed by atoms with Gasteiger partial charge in [0.1, 0.15) is 16.0 Å². The van der Waals surface area contributed by atoms with Gasteiger partial charge in [0.05, 0.1) is 17.5 Å². The van der Waals surface area contributed by atoms with Crippen molar-refractivity contribution in [2.45, 2.75) is 44.6 Å². The van der Waals surface area contributed by atoms with Crippen molar-refractivity contribution in [3.8, 4) is 21.8 Å². The second-order valence-electron chi connectivity index (χ2n) is 11.5. The summed E-state index contributed by atoms with van der Waals surface area (Å²) in [6.45, 7) is 2.22. The van der Waals surface area contributed by atoms with Crippen LogP contribution in [-0.2, 0) is 0 Å². The molecule has 9 nitrogen and oxygen atoms in total. The summed E-state index contributed by atoms with van der Waals surface area (Å²) in [4.78, 5) is 27.5. The Morgan fingerprint density at radius 1 is 0.886 bits per heavy atom. The normalized spacial score (nSPS) is 16.4. The van der Waals surface area contributed by atoms with Crippen molar-refractivity contribution < 1.29 is 9.63 Å². The van der Waals surface area contributed by atoms with Crippen LogP contribution in [0.1, 0.15) is 54.4 Å². The highest BCUT2D eigenvalue weighted by atomic mass is 32.1. The van der Waals surface area contributed by atoms with E-state index >= 15 is 0 Å². The highest BCUT2D eigenvalue weighted by molar-refractivity contribution is 7.19. The standard InChI is InChI=1S/C34H31N7O2S/c42-33(43-41-30-9-5-4-8-29(30)36-38-41)27-16-12-25(13-17-27)31-22-35-34-40(31)37-32(44-34)26-14-10-23(11-15-26)24-18-20-39(21-19-24)28-6-2-1-3-7-28/h4-5,8-18,22,28H,1-3,6-7,19-21H2. The molecule has 3 aromatic heterocycles. The Hall–Kier alpha value is -4.67. The van der Waals surface area contributed by atoms with Crippen molar-refractivity contribution in [2.24, 2.45) is 0 Å². The highest BCUT2D eigenvalue weighted by Crippen LogP contribution is 2.32. The van der Waals surface area contributed by atoms with Crippen LogP contribution in [-0.4, -0.2) is 59.8 Å². The molecule has 6 aromatic rings. The number of fused-ring (bicyclic) bond motifs is 2. The van der Waals surface area contributed by atoms with Crippen molar-refractivity contribution >= 4 is 38.9 Å². The van der Waals surface area contributed by atoms with E-state index in [1.54, 1.807) is 29.5 Å². The first kappa shape index (κ1) is 26.9. The largest absolute Gasteiger partial charge is 0.365 e. The molecule has 1 saturated carbocycles. The topological polar surface area (TPSA) is 90.4 Å². The average Bonchev–Trinajstić information content (AvgIpc) is 3.81. The molecule has 0 radical (unpaired) electrons. The average molecular weight is 602 g/mol. The molecule has 0 unspecified atom stereocenters. The van der Waals surface area contributed by atoms with Crippen LogP contribution in [0.15, 0.2) is 85.1 Å². The van der Waals surface area contributed by atoms with Gasteiger partial charge in [-0.15, -0.1) is 5.10 Å². The molecule has 0 saturated heterocycles. The van der Waals surface area contributed by atoms with Gasteiger partial charge in [-0.1, -0.05) is 90.1 Å². The lowest BCUT2D eigenvalue weighted by Crippen LogP contribution is -2.39. The Balaban J connectivity index is 0.962. The van der Waals surface area contributed by atoms with E-state index in [0.717, 1.165) is 57.2 Å². The van der Waals surface area contributed by atoms with Crippen molar-refractivity contribution in [3.63, 3.8) is 0 Å². The van der Waals surface area contributed by atoms with E-state index in [1.165, 1.54) is 43.2 Å². The number of hydrogen-bond acceptors (Lipinski definition) is 8. The summed E-state index contributed by atoms with van der Waals surface area (Å²) in [5.74, 6) is -0.518. The van der Waals surface area contributed by atoms with Crippen LogP contribution in [0.4, 0.5) is 0 Å². The van der Waals surface area contributed by atoms with Gasteiger partial charge in [-0.2, -0.15) is 5.10 Å². The van der Waals surface area contributed by atoms with E-state index in [1.807, 2.05) is 41.0 Å². The van der Waals surface area contributed by atoms with Gasteiger partial charge >= 0.3 is 5.97 Å². The highest BCUT2D eigenvalue weighted by Gasteiger charge is 2.23. The fraction of sp³-hybridized carbons (Fsp3) is 0.265. The number of imidazole rings is 1. The number of nitrogens with zero attached hydrogens (tertiary/aromatic N) is 7. The Bertz CT molecular complexity index is 1980. The number of aromatic nitrogens is 6. The molecule has 1 fully saturated rings. The second-order valence-corrected chi connectivity index (χ2v) is 12.5. The van der Waals surface area contributed by atoms with Gasteiger partial charge in [0.15, 0.2) is 0 Å². The minimum absolute atomic E-state index is 0.405. The fourth-order valence-corrected chi connectivity index (χ4v) is 7.26. The predicted molar refractivity (Wildman–Crippen MR) is 171 cm³/mol. The van der Waals surface area contributed by atoms with Crippen molar-refractivity contribution in [2.75, 3.05) is 13.1 Å². The van der Waals surface area contributed by atoms with Crippen molar-refractivity contribution in [1.29, 1.82) is 0 Å². The molecule has 3 aromatic carbocycles.